The third kappa shape index (κ3) is 7.10. The molecule has 21 heavy (non-hydrogen) atoms. The highest BCUT2D eigenvalue weighted by molar-refractivity contribution is 5.25. The van der Waals surface area contributed by atoms with Crippen LogP contribution >= 0.6 is 0 Å². The van der Waals surface area contributed by atoms with Gasteiger partial charge in [0.05, 0.1) is 0 Å². The number of nitrogens with zero attached hydrogens (tertiary/aromatic N) is 1. The standard InChI is InChI=1S/C19H34N2/c1-6-21(7-2)14-8-13-20-17(5)19-11-9-18(10-12-19)15-16(3)4/h9-12,16-17,20H,6-8,13-15H2,1-5H3. The smallest absolute Gasteiger partial charge is 0.0291 e. The summed E-state index contributed by atoms with van der Waals surface area (Å²) in [5, 5.41) is 3.64. The molecule has 1 rings (SSSR count). The van der Waals surface area contributed by atoms with Crippen LogP contribution in [0.4, 0.5) is 0 Å². The molecule has 1 aromatic rings. The molecule has 0 fully saturated rings. The Hall–Kier alpha value is -0.860. The molecule has 0 heterocycles. The Morgan fingerprint density at radius 2 is 1.62 bits per heavy atom. The van der Waals surface area contributed by atoms with Crippen LogP contribution in [0.15, 0.2) is 24.3 Å². The first-order chi connectivity index (χ1) is 10.1. The Kier molecular flexibility index (Phi) is 8.63. The van der Waals surface area contributed by atoms with E-state index in [0.29, 0.717) is 6.04 Å². The fraction of sp³-hybridized carbons (Fsp3) is 0.684. The van der Waals surface area contributed by atoms with Gasteiger partial charge in [-0.2, -0.15) is 0 Å². The fourth-order valence-corrected chi connectivity index (χ4v) is 2.69. The third-order valence-corrected chi connectivity index (χ3v) is 4.12. The average Bonchev–Trinajstić information content (AvgIpc) is 2.47. The van der Waals surface area contributed by atoms with E-state index in [1.54, 1.807) is 0 Å². The van der Waals surface area contributed by atoms with Crippen LogP contribution in [0, 0.1) is 5.92 Å². The molecule has 0 aliphatic carbocycles. The van der Waals surface area contributed by atoms with Gasteiger partial charge in [-0.05, 0) is 63.0 Å². The van der Waals surface area contributed by atoms with Gasteiger partial charge in [0.25, 0.3) is 0 Å². The SMILES string of the molecule is CCN(CC)CCCNC(C)c1ccc(CC(C)C)cc1. The van der Waals surface area contributed by atoms with E-state index in [1.165, 1.54) is 30.5 Å². The molecular weight excluding hydrogens is 256 g/mol. The summed E-state index contributed by atoms with van der Waals surface area (Å²) in [7, 11) is 0. The van der Waals surface area contributed by atoms with Crippen LogP contribution in [0.3, 0.4) is 0 Å². The molecule has 0 radical (unpaired) electrons. The van der Waals surface area contributed by atoms with Crippen molar-refractivity contribution in [2.45, 2.75) is 53.5 Å². The lowest BCUT2D eigenvalue weighted by molar-refractivity contribution is 0.296. The first kappa shape index (κ1) is 18.2. The number of benzene rings is 1. The van der Waals surface area contributed by atoms with Gasteiger partial charge in [-0.1, -0.05) is 52.0 Å². The largest absolute Gasteiger partial charge is 0.310 e. The predicted molar refractivity (Wildman–Crippen MR) is 93.8 cm³/mol. The molecule has 0 aliphatic rings. The summed E-state index contributed by atoms with van der Waals surface area (Å²) in [4.78, 5) is 2.48. The molecule has 0 spiro atoms. The van der Waals surface area contributed by atoms with Gasteiger partial charge in [0, 0.05) is 6.04 Å². The van der Waals surface area contributed by atoms with Crippen molar-refractivity contribution in [3.63, 3.8) is 0 Å². The average molecular weight is 290 g/mol. The highest BCUT2D eigenvalue weighted by atomic mass is 15.1. The second-order valence-electron chi connectivity index (χ2n) is 6.40. The number of nitrogens with one attached hydrogen (secondary N) is 1. The fourth-order valence-electron chi connectivity index (χ4n) is 2.69. The number of hydrogen-bond donors (Lipinski definition) is 1. The Labute approximate surface area is 131 Å². The molecule has 0 saturated carbocycles. The zero-order chi connectivity index (χ0) is 15.7. The molecule has 0 saturated heterocycles. The summed E-state index contributed by atoms with van der Waals surface area (Å²) in [6.45, 7) is 15.9. The zero-order valence-electron chi connectivity index (χ0n) is 14.7. The second kappa shape index (κ2) is 9.97. The Morgan fingerprint density at radius 1 is 1.00 bits per heavy atom. The summed E-state index contributed by atoms with van der Waals surface area (Å²) >= 11 is 0. The molecule has 1 atom stereocenters. The second-order valence-corrected chi connectivity index (χ2v) is 6.40. The first-order valence-corrected chi connectivity index (χ1v) is 8.61. The summed E-state index contributed by atoms with van der Waals surface area (Å²) < 4.78 is 0. The maximum Gasteiger partial charge on any atom is 0.0291 e. The van der Waals surface area contributed by atoms with E-state index in [4.69, 9.17) is 0 Å². The van der Waals surface area contributed by atoms with Crippen LogP contribution in [0.1, 0.15) is 58.2 Å². The van der Waals surface area contributed by atoms with E-state index in [1.807, 2.05) is 0 Å². The number of hydrogen-bond acceptors (Lipinski definition) is 2. The third-order valence-electron chi connectivity index (χ3n) is 4.12. The van der Waals surface area contributed by atoms with Crippen molar-refractivity contribution in [2.75, 3.05) is 26.2 Å². The van der Waals surface area contributed by atoms with Crippen LogP contribution in [-0.2, 0) is 6.42 Å². The van der Waals surface area contributed by atoms with Gasteiger partial charge >= 0.3 is 0 Å². The van der Waals surface area contributed by atoms with Gasteiger partial charge < -0.3 is 10.2 Å². The van der Waals surface area contributed by atoms with Gasteiger partial charge in [0.2, 0.25) is 0 Å². The quantitative estimate of drug-likeness (QED) is 0.647. The van der Waals surface area contributed by atoms with Crippen LogP contribution in [0.2, 0.25) is 0 Å². The highest BCUT2D eigenvalue weighted by Gasteiger charge is 2.05. The van der Waals surface area contributed by atoms with Crippen molar-refractivity contribution in [1.82, 2.24) is 10.2 Å². The van der Waals surface area contributed by atoms with Crippen molar-refractivity contribution in [3.8, 4) is 0 Å². The summed E-state index contributed by atoms with van der Waals surface area (Å²) in [5.74, 6) is 0.728. The first-order valence-electron chi connectivity index (χ1n) is 8.61. The minimum Gasteiger partial charge on any atom is -0.310 e. The molecule has 0 aromatic heterocycles. The normalized spacial score (nSPS) is 13.1. The minimum atomic E-state index is 0.440. The molecule has 0 bridgehead atoms. The predicted octanol–water partition coefficient (Wildman–Crippen LogP) is 4.27. The topological polar surface area (TPSA) is 15.3 Å². The molecule has 1 N–H and O–H groups in total. The minimum absolute atomic E-state index is 0.440. The van der Waals surface area contributed by atoms with Crippen LogP contribution in [0.5, 0.6) is 0 Å². The summed E-state index contributed by atoms with van der Waals surface area (Å²) in [6.07, 6.45) is 2.39. The summed E-state index contributed by atoms with van der Waals surface area (Å²) in [5.41, 5.74) is 2.84. The van der Waals surface area contributed by atoms with Gasteiger partial charge in [0.1, 0.15) is 0 Å². The van der Waals surface area contributed by atoms with E-state index in [-0.39, 0.29) is 0 Å². The van der Waals surface area contributed by atoms with Crippen LogP contribution in [0.25, 0.3) is 0 Å². The van der Waals surface area contributed by atoms with Crippen LogP contribution < -0.4 is 5.32 Å². The molecule has 1 unspecified atom stereocenters. The lowest BCUT2D eigenvalue weighted by Crippen LogP contribution is -2.28. The van der Waals surface area contributed by atoms with Gasteiger partial charge in [0.15, 0.2) is 0 Å². The Bertz CT molecular complexity index is 366. The Morgan fingerprint density at radius 3 is 2.14 bits per heavy atom. The van der Waals surface area contributed by atoms with Crippen molar-refractivity contribution >= 4 is 0 Å². The van der Waals surface area contributed by atoms with E-state index >= 15 is 0 Å². The molecule has 120 valence electrons. The van der Waals surface area contributed by atoms with E-state index in [2.05, 4.69) is 69.1 Å². The molecule has 1 aromatic carbocycles. The molecule has 0 amide bonds. The molecule has 2 heteroatoms. The molecule has 0 aliphatic heterocycles. The van der Waals surface area contributed by atoms with Gasteiger partial charge in [-0.25, -0.2) is 0 Å². The lowest BCUT2D eigenvalue weighted by atomic mass is 10.00. The number of rotatable bonds is 10. The monoisotopic (exact) mass is 290 g/mol. The van der Waals surface area contributed by atoms with Crippen molar-refractivity contribution < 1.29 is 0 Å². The lowest BCUT2D eigenvalue weighted by Gasteiger charge is -2.19. The van der Waals surface area contributed by atoms with E-state index in [0.717, 1.165) is 25.6 Å². The zero-order valence-corrected chi connectivity index (χ0v) is 14.7. The van der Waals surface area contributed by atoms with E-state index < -0.39 is 0 Å². The van der Waals surface area contributed by atoms with Crippen molar-refractivity contribution in [2.24, 2.45) is 5.92 Å². The van der Waals surface area contributed by atoms with Crippen molar-refractivity contribution in [3.05, 3.63) is 35.4 Å². The van der Waals surface area contributed by atoms with Gasteiger partial charge in [-0.3, -0.25) is 0 Å². The molecular formula is C19H34N2. The highest BCUT2D eigenvalue weighted by Crippen LogP contribution is 2.15. The van der Waals surface area contributed by atoms with Crippen LogP contribution in [-0.4, -0.2) is 31.1 Å². The molecule has 2 nitrogen and oxygen atoms in total. The van der Waals surface area contributed by atoms with Crippen molar-refractivity contribution in [1.29, 1.82) is 0 Å². The maximum absolute atomic E-state index is 3.64. The van der Waals surface area contributed by atoms with Gasteiger partial charge in [-0.15, -0.1) is 0 Å². The van der Waals surface area contributed by atoms with E-state index in [9.17, 15) is 0 Å². The summed E-state index contributed by atoms with van der Waals surface area (Å²) in [6, 6.07) is 9.56. The Balaban J connectivity index is 2.33. The maximum atomic E-state index is 3.64.